The number of piperidine rings is 1. The van der Waals surface area contributed by atoms with E-state index in [9.17, 15) is 5.11 Å². The van der Waals surface area contributed by atoms with Gasteiger partial charge in [-0.15, -0.1) is 0 Å². The molecule has 0 saturated carbocycles. The highest BCUT2D eigenvalue weighted by Crippen LogP contribution is 2.43. The summed E-state index contributed by atoms with van der Waals surface area (Å²) in [4.78, 5) is 5.33. The van der Waals surface area contributed by atoms with Crippen molar-refractivity contribution < 1.29 is 5.11 Å². The Kier molecular flexibility index (Phi) is 5.72. The normalized spacial score (nSPS) is 28.4. The molecule has 0 amide bonds. The Morgan fingerprint density at radius 2 is 1.83 bits per heavy atom. The minimum atomic E-state index is 0.113. The molecule has 0 aliphatic carbocycles. The van der Waals surface area contributed by atoms with E-state index < -0.39 is 0 Å². The van der Waals surface area contributed by atoms with Crippen molar-refractivity contribution in [3.05, 3.63) is 65.2 Å². The highest BCUT2D eigenvalue weighted by atomic mass is 16.3. The zero-order valence-corrected chi connectivity index (χ0v) is 18.4. The molecule has 156 valence electrons. The van der Waals surface area contributed by atoms with Gasteiger partial charge < -0.3 is 5.11 Å². The number of phenolic OH excluding ortho intramolecular Hbond substituents is 1. The average molecular weight is 393 g/mol. The minimum Gasteiger partial charge on any atom is -0.508 e. The molecule has 0 bridgehead atoms. The smallest absolute Gasteiger partial charge is 0.115 e. The molecule has 2 aromatic carbocycles. The third-order valence-electron chi connectivity index (χ3n) is 7.50. The van der Waals surface area contributed by atoms with Crippen LogP contribution < -0.4 is 0 Å². The van der Waals surface area contributed by atoms with E-state index in [1.54, 1.807) is 6.07 Å². The number of benzene rings is 2. The lowest BCUT2D eigenvalue weighted by Crippen LogP contribution is -2.60. The number of hydrogen-bond acceptors (Lipinski definition) is 3. The van der Waals surface area contributed by atoms with Crippen molar-refractivity contribution in [3.63, 3.8) is 0 Å². The summed E-state index contributed by atoms with van der Waals surface area (Å²) in [6, 6.07) is 17.7. The predicted octanol–water partition coefficient (Wildman–Crippen LogP) is 5.00. The van der Waals surface area contributed by atoms with Crippen molar-refractivity contribution in [1.82, 2.24) is 9.80 Å². The van der Waals surface area contributed by atoms with Crippen LogP contribution in [0.1, 0.15) is 56.7 Å². The van der Waals surface area contributed by atoms with E-state index in [0.29, 0.717) is 23.6 Å². The zero-order chi connectivity index (χ0) is 20.6. The second kappa shape index (κ2) is 8.12. The van der Waals surface area contributed by atoms with Crippen molar-refractivity contribution in [2.45, 2.75) is 58.0 Å². The first kappa shape index (κ1) is 20.4. The molecule has 2 aromatic rings. The summed E-state index contributed by atoms with van der Waals surface area (Å²) in [5, 5.41) is 10.0. The van der Waals surface area contributed by atoms with Gasteiger partial charge in [0.15, 0.2) is 0 Å². The van der Waals surface area contributed by atoms with E-state index in [2.05, 4.69) is 67.8 Å². The summed E-state index contributed by atoms with van der Waals surface area (Å²) >= 11 is 0. The number of piperazine rings is 1. The monoisotopic (exact) mass is 392 g/mol. The lowest BCUT2D eigenvalue weighted by Gasteiger charge is -2.53. The Morgan fingerprint density at radius 1 is 1.07 bits per heavy atom. The van der Waals surface area contributed by atoms with Gasteiger partial charge in [-0.2, -0.15) is 0 Å². The van der Waals surface area contributed by atoms with Crippen LogP contribution in [0, 0.1) is 5.92 Å². The summed E-state index contributed by atoms with van der Waals surface area (Å²) in [5.41, 5.74) is 4.23. The molecule has 0 aromatic heterocycles. The Morgan fingerprint density at radius 3 is 2.52 bits per heavy atom. The molecule has 3 atom stereocenters. The molecule has 0 radical (unpaired) electrons. The molecule has 4 rings (SSSR count). The van der Waals surface area contributed by atoms with Crippen LogP contribution in [0.25, 0.3) is 0 Å². The maximum atomic E-state index is 10.0. The van der Waals surface area contributed by atoms with E-state index in [1.807, 2.05) is 12.1 Å². The summed E-state index contributed by atoms with van der Waals surface area (Å²) < 4.78 is 0. The zero-order valence-electron chi connectivity index (χ0n) is 18.4. The van der Waals surface area contributed by atoms with Crippen LogP contribution in [0.2, 0.25) is 0 Å². The number of aromatic hydroxyl groups is 1. The van der Waals surface area contributed by atoms with Gasteiger partial charge in [-0.05, 0) is 52.5 Å². The van der Waals surface area contributed by atoms with Crippen LogP contribution in [0.3, 0.4) is 0 Å². The fourth-order valence-corrected chi connectivity index (χ4v) is 5.31. The molecule has 0 spiro atoms. The van der Waals surface area contributed by atoms with Crippen molar-refractivity contribution >= 4 is 0 Å². The fourth-order valence-electron chi connectivity index (χ4n) is 5.31. The number of nitrogens with zero attached hydrogens (tertiary/aromatic N) is 2. The van der Waals surface area contributed by atoms with Crippen molar-refractivity contribution in [1.29, 1.82) is 0 Å². The first-order valence-electron chi connectivity index (χ1n) is 11.2. The van der Waals surface area contributed by atoms with Crippen molar-refractivity contribution in [3.8, 4) is 5.75 Å². The third-order valence-corrected chi connectivity index (χ3v) is 7.50. The van der Waals surface area contributed by atoms with E-state index in [-0.39, 0.29) is 5.41 Å². The molecule has 1 N–H and O–H groups in total. The van der Waals surface area contributed by atoms with E-state index in [4.69, 9.17) is 0 Å². The van der Waals surface area contributed by atoms with Crippen LogP contribution >= 0.6 is 0 Å². The molecular formula is C26H36N2O. The molecule has 3 heteroatoms. The summed E-state index contributed by atoms with van der Waals surface area (Å²) in [6.45, 7) is 14.9. The van der Waals surface area contributed by atoms with Crippen LogP contribution in [-0.4, -0.2) is 47.1 Å². The van der Waals surface area contributed by atoms with Gasteiger partial charge in [0, 0.05) is 38.8 Å². The van der Waals surface area contributed by atoms with Crippen molar-refractivity contribution in [2.75, 3.05) is 26.2 Å². The summed E-state index contributed by atoms with van der Waals surface area (Å²) in [5.74, 6) is 1.55. The van der Waals surface area contributed by atoms with E-state index >= 15 is 0 Å². The van der Waals surface area contributed by atoms with Gasteiger partial charge in [-0.3, -0.25) is 9.80 Å². The number of rotatable bonds is 4. The van der Waals surface area contributed by atoms with Crippen LogP contribution in [-0.2, 0) is 12.0 Å². The van der Waals surface area contributed by atoms with Gasteiger partial charge >= 0.3 is 0 Å². The molecular weight excluding hydrogens is 356 g/mol. The lowest BCUT2D eigenvalue weighted by molar-refractivity contribution is -0.00557. The van der Waals surface area contributed by atoms with Gasteiger partial charge in [-0.1, -0.05) is 64.1 Å². The Labute approximate surface area is 176 Å². The van der Waals surface area contributed by atoms with Gasteiger partial charge in [0.05, 0.1) is 0 Å². The second-order valence-corrected chi connectivity index (χ2v) is 9.85. The molecule has 29 heavy (non-hydrogen) atoms. The first-order valence-corrected chi connectivity index (χ1v) is 11.2. The number of phenols is 1. The van der Waals surface area contributed by atoms with Crippen LogP contribution in [0.5, 0.6) is 5.75 Å². The SMILES string of the molecule is CC(C)c1ccc(CN2CCN3C[C@H](C)[C@](C)(c4cccc(O)c4)C[C@@H]3C2)cc1. The third kappa shape index (κ3) is 4.22. The van der Waals surface area contributed by atoms with E-state index in [0.717, 1.165) is 39.1 Å². The van der Waals surface area contributed by atoms with Crippen LogP contribution in [0.15, 0.2) is 48.5 Å². The highest BCUT2D eigenvalue weighted by Gasteiger charge is 2.44. The largest absolute Gasteiger partial charge is 0.508 e. The fraction of sp³-hybridized carbons (Fsp3) is 0.538. The minimum absolute atomic E-state index is 0.113. The molecule has 3 nitrogen and oxygen atoms in total. The number of fused-ring (bicyclic) bond motifs is 1. The molecule has 2 heterocycles. The maximum absolute atomic E-state index is 10.0. The topological polar surface area (TPSA) is 26.7 Å². The predicted molar refractivity (Wildman–Crippen MR) is 120 cm³/mol. The molecule has 2 saturated heterocycles. The number of hydrogen-bond donors (Lipinski definition) is 1. The Hall–Kier alpha value is -1.84. The standard InChI is InChI=1S/C26H36N2O/c1-19(2)22-10-8-21(9-11-22)17-27-12-13-28-16-20(3)26(4,15-24(28)18-27)23-6-5-7-25(29)14-23/h5-11,14,19-20,24,29H,12-13,15-18H2,1-4H3/t20-,24+,26+/m0/s1. The van der Waals surface area contributed by atoms with Gasteiger partial charge in [0.25, 0.3) is 0 Å². The van der Waals surface area contributed by atoms with Crippen molar-refractivity contribution in [2.24, 2.45) is 5.92 Å². The maximum Gasteiger partial charge on any atom is 0.115 e. The van der Waals surface area contributed by atoms with Gasteiger partial charge in [-0.25, -0.2) is 0 Å². The lowest BCUT2D eigenvalue weighted by atomic mass is 9.65. The quantitative estimate of drug-likeness (QED) is 0.793. The molecule has 0 unspecified atom stereocenters. The van der Waals surface area contributed by atoms with Crippen LogP contribution in [0.4, 0.5) is 0 Å². The first-order chi connectivity index (χ1) is 13.8. The molecule has 2 fully saturated rings. The van der Waals surface area contributed by atoms with Gasteiger partial charge in [0.2, 0.25) is 0 Å². The Bertz CT molecular complexity index is 831. The molecule has 2 aliphatic heterocycles. The summed E-state index contributed by atoms with van der Waals surface area (Å²) in [7, 11) is 0. The Balaban J connectivity index is 1.46. The molecule has 2 aliphatic rings. The average Bonchev–Trinajstić information content (AvgIpc) is 2.69. The van der Waals surface area contributed by atoms with Gasteiger partial charge in [0.1, 0.15) is 5.75 Å². The van der Waals surface area contributed by atoms with E-state index in [1.165, 1.54) is 16.7 Å². The summed E-state index contributed by atoms with van der Waals surface area (Å²) in [6.07, 6.45) is 1.15. The second-order valence-electron chi connectivity index (χ2n) is 9.85. The highest BCUT2D eigenvalue weighted by molar-refractivity contribution is 5.34.